The van der Waals surface area contributed by atoms with Gasteiger partial charge in [0.05, 0.1) is 0 Å². The van der Waals surface area contributed by atoms with Gasteiger partial charge in [-0.05, 0) is 30.4 Å². The Morgan fingerprint density at radius 2 is 2.50 bits per heavy atom. The van der Waals surface area contributed by atoms with Crippen molar-refractivity contribution < 1.29 is 9.15 Å². The monoisotopic (exact) mass is 264 g/mol. The van der Waals surface area contributed by atoms with Crippen molar-refractivity contribution in [3.63, 3.8) is 0 Å². The van der Waals surface area contributed by atoms with E-state index in [4.69, 9.17) is 9.15 Å². The number of rotatable bonds is 4. The van der Waals surface area contributed by atoms with Crippen LogP contribution in [0.25, 0.3) is 11.1 Å². The molecule has 96 valence electrons. The molecule has 1 N–H and O–H groups in total. The van der Waals surface area contributed by atoms with Gasteiger partial charge >= 0.3 is 0 Å². The SMILES string of the molecule is COCc1nc2cc(N[C@@H]3CCSC3)ccc2o1. The molecule has 4 nitrogen and oxygen atoms in total. The van der Waals surface area contributed by atoms with Gasteiger partial charge in [-0.1, -0.05) is 0 Å². The molecule has 18 heavy (non-hydrogen) atoms. The third-order valence-electron chi connectivity index (χ3n) is 3.00. The number of ether oxygens (including phenoxy) is 1. The Morgan fingerprint density at radius 3 is 3.28 bits per heavy atom. The van der Waals surface area contributed by atoms with Crippen LogP contribution in [-0.4, -0.2) is 29.6 Å². The second-order valence-corrected chi connectivity index (χ2v) is 5.58. The van der Waals surface area contributed by atoms with E-state index in [1.807, 2.05) is 30.0 Å². The van der Waals surface area contributed by atoms with Gasteiger partial charge in [0.1, 0.15) is 12.1 Å². The molecule has 1 atom stereocenters. The largest absolute Gasteiger partial charge is 0.438 e. The summed E-state index contributed by atoms with van der Waals surface area (Å²) in [6, 6.07) is 6.64. The van der Waals surface area contributed by atoms with Crippen LogP contribution >= 0.6 is 11.8 Å². The third-order valence-corrected chi connectivity index (χ3v) is 4.16. The average molecular weight is 264 g/mol. The molecule has 1 aliphatic heterocycles. The molecule has 0 saturated carbocycles. The van der Waals surface area contributed by atoms with Crippen LogP contribution in [-0.2, 0) is 11.3 Å². The Labute approximate surface area is 110 Å². The number of thioether (sulfide) groups is 1. The zero-order chi connectivity index (χ0) is 12.4. The van der Waals surface area contributed by atoms with E-state index in [9.17, 15) is 0 Å². The first kappa shape index (κ1) is 11.9. The van der Waals surface area contributed by atoms with Crippen LogP contribution in [0, 0.1) is 0 Å². The summed E-state index contributed by atoms with van der Waals surface area (Å²) in [5.74, 6) is 3.06. The van der Waals surface area contributed by atoms with Crippen LogP contribution in [0.3, 0.4) is 0 Å². The first-order valence-electron chi connectivity index (χ1n) is 6.08. The van der Waals surface area contributed by atoms with Gasteiger partial charge in [0, 0.05) is 24.6 Å². The van der Waals surface area contributed by atoms with Gasteiger partial charge in [0.15, 0.2) is 5.58 Å². The van der Waals surface area contributed by atoms with Crippen LogP contribution in [0.4, 0.5) is 5.69 Å². The molecular weight excluding hydrogens is 248 g/mol. The van der Waals surface area contributed by atoms with Crippen molar-refractivity contribution in [2.45, 2.75) is 19.1 Å². The molecule has 2 aromatic rings. The van der Waals surface area contributed by atoms with Crippen molar-refractivity contribution in [1.82, 2.24) is 4.98 Å². The van der Waals surface area contributed by atoms with E-state index in [-0.39, 0.29) is 0 Å². The smallest absolute Gasteiger partial charge is 0.221 e. The molecular formula is C13H16N2O2S. The second-order valence-electron chi connectivity index (χ2n) is 4.43. The van der Waals surface area contributed by atoms with Crippen molar-refractivity contribution >= 4 is 28.5 Å². The maximum atomic E-state index is 5.57. The summed E-state index contributed by atoms with van der Waals surface area (Å²) in [6.07, 6.45) is 1.23. The number of benzene rings is 1. The molecule has 1 saturated heterocycles. The molecule has 3 rings (SSSR count). The van der Waals surface area contributed by atoms with Crippen LogP contribution in [0.1, 0.15) is 12.3 Å². The molecule has 2 heterocycles. The Bertz CT molecular complexity index is 535. The van der Waals surface area contributed by atoms with Gasteiger partial charge in [-0.25, -0.2) is 4.98 Å². The topological polar surface area (TPSA) is 47.3 Å². The van der Waals surface area contributed by atoms with E-state index in [1.54, 1.807) is 7.11 Å². The number of oxazole rings is 1. The van der Waals surface area contributed by atoms with Gasteiger partial charge < -0.3 is 14.5 Å². The van der Waals surface area contributed by atoms with Gasteiger partial charge in [-0.15, -0.1) is 0 Å². The summed E-state index contributed by atoms with van der Waals surface area (Å²) >= 11 is 2.00. The van der Waals surface area contributed by atoms with Crippen LogP contribution in [0.15, 0.2) is 22.6 Å². The number of fused-ring (bicyclic) bond motifs is 1. The normalized spacial score (nSPS) is 19.5. The molecule has 0 radical (unpaired) electrons. The maximum Gasteiger partial charge on any atom is 0.221 e. The number of methoxy groups -OCH3 is 1. The lowest BCUT2D eigenvalue weighted by Gasteiger charge is -2.12. The quantitative estimate of drug-likeness (QED) is 0.920. The average Bonchev–Trinajstić information content (AvgIpc) is 2.98. The molecule has 0 bridgehead atoms. The highest BCUT2D eigenvalue weighted by molar-refractivity contribution is 7.99. The standard InChI is InChI=1S/C13H16N2O2S/c1-16-7-13-15-11-6-9(2-3-12(11)17-13)14-10-4-5-18-8-10/h2-3,6,10,14H,4-5,7-8H2,1H3/t10-/m1/s1. The zero-order valence-corrected chi connectivity index (χ0v) is 11.1. The van der Waals surface area contributed by atoms with E-state index >= 15 is 0 Å². The van der Waals surface area contributed by atoms with Crippen LogP contribution in [0.2, 0.25) is 0 Å². The summed E-state index contributed by atoms with van der Waals surface area (Å²) in [7, 11) is 1.64. The summed E-state index contributed by atoms with van der Waals surface area (Å²) in [4.78, 5) is 4.40. The van der Waals surface area contributed by atoms with Gasteiger partial charge in [0.2, 0.25) is 5.89 Å². The summed E-state index contributed by atoms with van der Waals surface area (Å²) in [6.45, 7) is 0.413. The molecule has 0 unspecified atom stereocenters. The number of nitrogens with one attached hydrogen (secondary N) is 1. The van der Waals surface area contributed by atoms with Gasteiger partial charge in [-0.3, -0.25) is 0 Å². The van der Waals surface area contributed by atoms with Crippen LogP contribution < -0.4 is 5.32 Å². The highest BCUT2D eigenvalue weighted by Crippen LogP contribution is 2.24. The van der Waals surface area contributed by atoms with Crippen molar-refractivity contribution in [2.75, 3.05) is 23.9 Å². The van der Waals surface area contributed by atoms with Gasteiger partial charge in [0.25, 0.3) is 0 Å². The lowest BCUT2D eigenvalue weighted by molar-refractivity contribution is 0.161. The first-order chi connectivity index (χ1) is 8.85. The van der Waals surface area contributed by atoms with E-state index < -0.39 is 0 Å². The van der Waals surface area contributed by atoms with E-state index in [2.05, 4.69) is 10.3 Å². The number of hydrogen-bond acceptors (Lipinski definition) is 5. The van der Waals surface area contributed by atoms with Crippen molar-refractivity contribution in [3.05, 3.63) is 24.1 Å². The highest BCUT2D eigenvalue weighted by Gasteiger charge is 2.15. The molecule has 1 aliphatic rings. The lowest BCUT2D eigenvalue weighted by Crippen LogP contribution is -2.17. The predicted octanol–water partition coefficient (Wildman–Crippen LogP) is 2.89. The summed E-state index contributed by atoms with van der Waals surface area (Å²) in [5.41, 5.74) is 2.82. The number of anilines is 1. The Kier molecular flexibility index (Phi) is 3.43. The molecule has 0 spiro atoms. The maximum absolute atomic E-state index is 5.57. The van der Waals surface area contributed by atoms with Crippen molar-refractivity contribution in [2.24, 2.45) is 0 Å². The fourth-order valence-electron chi connectivity index (χ4n) is 2.13. The van der Waals surface area contributed by atoms with Crippen LogP contribution in [0.5, 0.6) is 0 Å². The zero-order valence-electron chi connectivity index (χ0n) is 10.3. The second kappa shape index (κ2) is 5.20. The number of hydrogen-bond donors (Lipinski definition) is 1. The number of nitrogens with zero attached hydrogens (tertiary/aromatic N) is 1. The third kappa shape index (κ3) is 2.47. The van der Waals surface area contributed by atoms with Gasteiger partial charge in [-0.2, -0.15) is 11.8 Å². The van der Waals surface area contributed by atoms with E-state index in [0.717, 1.165) is 16.8 Å². The van der Waals surface area contributed by atoms with E-state index in [0.29, 0.717) is 18.5 Å². The fraction of sp³-hybridized carbons (Fsp3) is 0.462. The minimum absolute atomic E-state index is 0.413. The minimum atomic E-state index is 0.413. The van der Waals surface area contributed by atoms with Crippen molar-refractivity contribution in [1.29, 1.82) is 0 Å². The Hall–Kier alpha value is -1.20. The first-order valence-corrected chi connectivity index (χ1v) is 7.23. The minimum Gasteiger partial charge on any atom is -0.438 e. The molecule has 0 amide bonds. The molecule has 1 fully saturated rings. The van der Waals surface area contributed by atoms with E-state index in [1.165, 1.54) is 17.9 Å². The van der Waals surface area contributed by atoms with Crippen molar-refractivity contribution in [3.8, 4) is 0 Å². The predicted molar refractivity (Wildman–Crippen MR) is 74.1 cm³/mol. The fourth-order valence-corrected chi connectivity index (χ4v) is 3.29. The summed E-state index contributed by atoms with van der Waals surface area (Å²) in [5, 5.41) is 3.54. The number of aromatic nitrogens is 1. The molecule has 5 heteroatoms. The lowest BCUT2D eigenvalue weighted by atomic mass is 10.2. The molecule has 0 aliphatic carbocycles. The Balaban J connectivity index is 1.80. The highest BCUT2D eigenvalue weighted by atomic mass is 32.2. The molecule has 1 aromatic heterocycles. The Morgan fingerprint density at radius 1 is 1.56 bits per heavy atom. The summed E-state index contributed by atoms with van der Waals surface area (Å²) < 4.78 is 10.6. The molecule has 1 aromatic carbocycles.